The Labute approximate surface area is 167 Å². The molecule has 4 aromatic rings. The van der Waals surface area contributed by atoms with Crippen LogP contribution in [0.25, 0.3) is 11.3 Å². The smallest absolute Gasteiger partial charge is 0.255 e. The molecule has 0 bridgehead atoms. The van der Waals surface area contributed by atoms with Gasteiger partial charge in [0.1, 0.15) is 5.82 Å². The fraction of sp³-hybridized carbons (Fsp3) is 0.0870. The lowest BCUT2D eigenvalue weighted by Crippen LogP contribution is -2.29. The molecule has 144 valence electrons. The van der Waals surface area contributed by atoms with Crippen molar-refractivity contribution in [3.8, 4) is 11.3 Å². The Kier molecular flexibility index (Phi) is 5.16. The third-order valence-corrected chi connectivity index (χ3v) is 4.72. The lowest BCUT2D eigenvalue weighted by molar-refractivity contribution is 0.0943. The number of pyridine rings is 1. The first-order valence-electron chi connectivity index (χ1n) is 9.18. The van der Waals surface area contributed by atoms with E-state index in [-0.39, 0.29) is 17.8 Å². The first-order valence-corrected chi connectivity index (χ1v) is 9.18. The maximum Gasteiger partial charge on any atom is 0.255 e. The molecule has 0 fully saturated rings. The number of amides is 1. The Bertz CT molecular complexity index is 1120. The van der Waals surface area contributed by atoms with E-state index in [4.69, 9.17) is 0 Å². The second-order valence-corrected chi connectivity index (χ2v) is 6.77. The van der Waals surface area contributed by atoms with E-state index in [2.05, 4.69) is 20.5 Å². The molecule has 0 spiro atoms. The fourth-order valence-corrected chi connectivity index (χ4v) is 3.21. The van der Waals surface area contributed by atoms with Crippen LogP contribution in [-0.2, 0) is 0 Å². The van der Waals surface area contributed by atoms with Gasteiger partial charge in [-0.2, -0.15) is 5.10 Å². The van der Waals surface area contributed by atoms with E-state index < -0.39 is 0 Å². The average Bonchev–Trinajstić information content (AvgIpc) is 3.23. The fourth-order valence-electron chi connectivity index (χ4n) is 3.21. The van der Waals surface area contributed by atoms with Crippen LogP contribution in [0.15, 0.2) is 79.3 Å². The van der Waals surface area contributed by atoms with Gasteiger partial charge >= 0.3 is 0 Å². The molecule has 4 rings (SSSR count). The molecular weight excluding hydrogens is 367 g/mol. The molecule has 0 aliphatic rings. The molecule has 1 atom stereocenters. The standard InChI is InChI=1S/C23H19FN4O/c1-15-5-7-16(8-6-15)21(17-9-11-25-12-10-17)27-23(29)20-14-26-28-22(20)18-3-2-4-19(24)13-18/h2-14,21H,1H3,(H,26,28)(H,27,29). The molecule has 2 aromatic carbocycles. The first kappa shape index (κ1) is 18.6. The van der Waals surface area contributed by atoms with E-state index in [1.54, 1.807) is 24.5 Å². The number of carbonyl (C=O) groups excluding carboxylic acids is 1. The number of aromatic nitrogens is 3. The minimum Gasteiger partial charge on any atom is -0.341 e. The van der Waals surface area contributed by atoms with Crippen molar-refractivity contribution < 1.29 is 9.18 Å². The summed E-state index contributed by atoms with van der Waals surface area (Å²) < 4.78 is 13.6. The summed E-state index contributed by atoms with van der Waals surface area (Å²) in [4.78, 5) is 17.2. The number of rotatable bonds is 5. The molecule has 2 heterocycles. The number of carbonyl (C=O) groups is 1. The Morgan fingerprint density at radius 3 is 2.48 bits per heavy atom. The third-order valence-electron chi connectivity index (χ3n) is 4.72. The summed E-state index contributed by atoms with van der Waals surface area (Å²) in [6.07, 6.45) is 4.84. The molecule has 29 heavy (non-hydrogen) atoms. The van der Waals surface area contributed by atoms with Gasteiger partial charge < -0.3 is 5.32 Å². The van der Waals surface area contributed by atoms with E-state index in [0.717, 1.165) is 16.7 Å². The molecule has 6 heteroatoms. The van der Waals surface area contributed by atoms with Crippen molar-refractivity contribution >= 4 is 5.91 Å². The van der Waals surface area contributed by atoms with Crippen LogP contribution in [0.5, 0.6) is 0 Å². The minimum absolute atomic E-state index is 0.305. The summed E-state index contributed by atoms with van der Waals surface area (Å²) >= 11 is 0. The zero-order valence-electron chi connectivity index (χ0n) is 15.8. The number of halogens is 1. The number of hydrogen-bond acceptors (Lipinski definition) is 3. The predicted molar refractivity (Wildman–Crippen MR) is 109 cm³/mol. The van der Waals surface area contributed by atoms with E-state index >= 15 is 0 Å². The van der Waals surface area contributed by atoms with Crippen LogP contribution in [0.3, 0.4) is 0 Å². The predicted octanol–water partition coefficient (Wildman–Crippen LogP) is 4.44. The van der Waals surface area contributed by atoms with Gasteiger partial charge in [0.2, 0.25) is 0 Å². The number of benzene rings is 2. The van der Waals surface area contributed by atoms with Gasteiger partial charge in [0, 0.05) is 18.0 Å². The Hall–Kier alpha value is -3.80. The molecule has 2 aromatic heterocycles. The Morgan fingerprint density at radius 1 is 1.03 bits per heavy atom. The third kappa shape index (κ3) is 4.06. The van der Waals surface area contributed by atoms with Gasteiger partial charge in [-0.3, -0.25) is 14.9 Å². The average molecular weight is 386 g/mol. The summed E-state index contributed by atoms with van der Waals surface area (Å²) in [6, 6.07) is 17.4. The number of hydrogen-bond donors (Lipinski definition) is 2. The first-order chi connectivity index (χ1) is 14.1. The molecule has 0 saturated carbocycles. The van der Waals surface area contributed by atoms with Crippen LogP contribution in [0.4, 0.5) is 4.39 Å². The highest BCUT2D eigenvalue weighted by Crippen LogP contribution is 2.25. The second-order valence-electron chi connectivity index (χ2n) is 6.77. The molecule has 2 N–H and O–H groups in total. The van der Waals surface area contributed by atoms with Crippen molar-refractivity contribution in [2.24, 2.45) is 0 Å². The maximum atomic E-state index is 13.6. The molecule has 5 nitrogen and oxygen atoms in total. The summed E-state index contributed by atoms with van der Waals surface area (Å²) in [7, 11) is 0. The van der Waals surface area contributed by atoms with Crippen molar-refractivity contribution in [3.63, 3.8) is 0 Å². The zero-order chi connectivity index (χ0) is 20.2. The van der Waals surface area contributed by atoms with Gasteiger partial charge in [0.05, 0.1) is 23.5 Å². The highest BCUT2D eigenvalue weighted by atomic mass is 19.1. The van der Waals surface area contributed by atoms with Crippen molar-refractivity contribution in [3.05, 3.63) is 107 Å². The van der Waals surface area contributed by atoms with E-state index in [1.165, 1.54) is 18.3 Å². The van der Waals surface area contributed by atoms with Crippen molar-refractivity contribution in [2.75, 3.05) is 0 Å². The largest absolute Gasteiger partial charge is 0.341 e. The number of nitrogens with one attached hydrogen (secondary N) is 2. The molecule has 1 unspecified atom stereocenters. The Balaban J connectivity index is 1.68. The number of nitrogens with zero attached hydrogens (tertiary/aromatic N) is 2. The maximum absolute atomic E-state index is 13.6. The van der Waals surface area contributed by atoms with Gasteiger partial charge in [0.15, 0.2) is 0 Å². The van der Waals surface area contributed by atoms with E-state index in [9.17, 15) is 9.18 Å². The van der Waals surface area contributed by atoms with Crippen LogP contribution in [0.1, 0.15) is 33.1 Å². The summed E-state index contributed by atoms with van der Waals surface area (Å²) in [6.45, 7) is 2.01. The monoisotopic (exact) mass is 386 g/mol. The van der Waals surface area contributed by atoms with Crippen LogP contribution >= 0.6 is 0 Å². The molecule has 0 aliphatic heterocycles. The van der Waals surface area contributed by atoms with Gasteiger partial charge in [-0.15, -0.1) is 0 Å². The van der Waals surface area contributed by atoms with E-state index in [1.807, 2.05) is 43.3 Å². The van der Waals surface area contributed by atoms with Crippen LogP contribution < -0.4 is 5.32 Å². The van der Waals surface area contributed by atoms with Gasteiger partial charge in [-0.25, -0.2) is 4.39 Å². The van der Waals surface area contributed by atoms with E-state index in [0.29, 0.717) is 16.8 Å². The highest BCUT2D eigenvalue weighted by Gasteiger charge is 2.21. The van der Waals surface area contributed by atoms with Gasteiger partial charge in [0.25, 0.3) is 5.91 Å². The summed E-state index contributed by atoms with van der Waals surface area (Å²) in [5.41, 5.74) is 4.38. The van der Waals surface area contributed by atoms with Crippen molar-refractivity contribution in [1.82, 2.24) is 20.5 Å². The van der Waals surface area contributed by atoms with Crippen molar-refractivity contribution in [1.29, 1.82) is 0 Å². The Morgan fingerprint density at radius 2 is 1.76 bits per heavy atom. The topological polar surface area (TPSA) is 70.7 Å². The molecule has 0 saturated heterocycles. The van der Waals surface area contributed by atoms with Crippen molar-refractivity contribution in [2.45, 2.75) is 13.0 Å². The summed E-state index contributed by atoms with van der Waals surface area (Å²) in [5.74, 6) is -0.682. The zero-order valence-corrected chi connectivity index (χ0v) is 15.8. The molecule has 1 amide bonds. The normalized spacial score (nSPS) is 11.8. The number of aryl methyl sites for hydroxylation is 1. The highest BCUT2D eigenvalue weighted by molar-refractivity contribution is 6.00. The van der Waals surface area contributed by atoms with Crippen LogP contribution in [0, 0.1) is 12.7 Å². The molecule has 0 radical (unpaired) electrons. The summed E-state index contributed by atoms with van der Waals surface area (Å²) in [5, 5.41) is 9.87. The lowest BCUT2D eigenvalue weighted by Gasteiger charge is -2.20. The quantitative estimate of drug-likeness (QED) is 0.533. The van der Waals surface area contributed by atoms with Crippen LogP contribution in [0.2, 0.25) is 0 Å². The SMILES string of the molecule is Cc1ccc(C(NC(=O)c2cn[nH]c2-c2cccc(F)c2)c2ccncc2)cc1. The number of H-pyrrole nitrogens is 1. The van der Waals surface area contributed by atoms with Gasteiger partial charge in [-0.1, -0.05) is 42.0 Å². The van der Waals surface area contributed by atoms with Crippen LogP contribution in [-0.4, -0.2) is 21.1 Å². The lowest BCUT2D eigenvalue weighted by atomic mass is 9.98. The minimum atomic E-state index is -0.377. The molecular formula is C23H19FN4O. The number of aromatic amines is 1. The second kappa shape index (κ2) is 8.06. The van der Waals surface area contributed by atoms with Gasteiger partial charge in [-0.05, 0) is 42.3 Å². The molecule has 0 aliphatic carbocycles.